The van der Waals surface area contributed by atoms with Gasteiger partial charge >= 0.3 is 0 Å². The number of aliphatic hydroxyl groups is 1. The van der Waals surface area contributed by atoms with E-state index in [1.165, 1.54) is 31.2 Å². The lowest BCUT2D eigenvalue weighted by Crippen LogP contribution is -2.33. The maximum absolute atomic E-state index is 9.41. The Balaban J connectivity index is 1.83. The fourth-order valence-electron chi connectivity index (χ4n) is 2.87. The van der Waals surface area contributed by atoms with Crippen molar-refractivity contribution in [1.29, 1.82) is 0 Å². The van der Waals surface area contributed by atoms with E-state index in [4.69, 9.17) is 0 Å². The Labute approximate surface area is 110 Å². The predicted molar refractivity (Wildman–Crippen MR) is 73.2 cm³/mol. The van der Waals surface area contributed by atoms with E-state index >= 15 is 0 Å². The standard InChI is InChI=1S/C15H24N2O/c1-12(13-7-4-8-16-9-13)17-10-14-5-2-3-6-15(14)11-18/h4,7-9,12,14-15,17-18H,2-3,5-6,10-11H2,1H3. The summed E-state index contributed by atoms with van der Waals surface area (Å²) >= 11 is 0. The second kappa shape index (κ2) is 6.86. The van der Waals surface area contributed by atoms with E-state index in [1.54, 1.807) is 6.20 Å². The molecule has 1 saturated carbocycles. The second-order valence-corrected chi connectivity index (χ2v) is 5.40. The van der Waals surface area contributed by atoms with Gasteiger partial charge in [0, 0.05) is 25.0 Å². The van der Waals surface area contributed by atoms with Crippen molar-refractivity contribution in [3.05, 3.63) is 30.1 Å². The molecule has 0 saturated heterocycles. The van der Waals surface area contributed by atoms with Crippen molar-refractivity contribution in [3.8, 4) is 0 Å². The van der Waals surface area contributed by atoms with Crippen LogP contribution in [0.15, 0.2) is 24.5 Å². The molecular formula is C15H24N2O. The smallest absolute Gasteiger partial charge is 0.0462 e. The average Bonchev–Trinajstić information content (AvgIpc) is 2.46. The Kier molecular flexibility index (Phi) is 5.14. The van der Waals surface area contributed by atoms with E-state index in [2.05, 4.69) is 23.3 Å². The second-order valence-electron chi connectivity index (χ2n) is 5.40. The lowest BCUT2D eigenvalue weighted by molar-refractivity contribution is 0.131. The van der Waals surface area contributed by atoms with Crippen molar-refractivity contribution < 1.29 is 5.11 Å². The molecule has 1 aromatic heterocycles. The third kappa shape index (κ3) is 3.53. The number of rotatable bonds is 5. The van der Waals surface area contributed by atoms with Crippen LogP contribution in [0.5, 0.6) is 0 Å². The molecule has 0 radical (unpaired) electrons. The van der Waals surface area contributed by atoms with Crippen LogP contribution in [0, 0.1) is 11.8 Å². The summed E-state index contributed by atoms with van der Waals surface area (Å²) in [7, 11) is 0. The van der Waals surface area contributed by atoms with Crippen molar-refractivity contribution in [1.82, 2.24) is 10.3 Å². The molecule has 0 bridgehead atoms. The molecule has 2 rings (SSSR count). The summed E-state index contributed by atoms with van der Waals surface area (Å²) in [6.07, 6.45) is 8.74. The molecule has 1 aliphatic rings. The highest BCUT2D eigenvalue weighted by molar-refractivity contribution is 5.12. The Morgan fingerprint density at radius 1 is 1.39 bits per heavy atom. The summed E-state index contributed by atoms with van der Waals surface area (Å²) in [6, 6.07) is 4.42. The fraction of sp³-hybridized carbons (Fsp3) is 0.667. The quantitative estimate of drug-likeness (QED) is 0.841. The van der Waals surface area contributed by atoms with Crippen LogP contribution in [-0.4, -0.2) is 23.2 Å². The van der Waals surface area contributed by atoms with E-state index < -0.39 is 0 Å². The topological polar surface area (TPSA) is 45.1 Å². The predicted octanol–water partition coefficient (Wildman–Crippen LogP) is 2.53. The van der Waals surface area contributed by atoms with Gasteiger partial charge in [0.25, 0.3) is 0 Å². The first kappa shape index (κ1) is 13.5. The monoisotopic (exact) mass is 248 g/mol. The average molecular weight is 248 g/mol. The Morgan fingerprint density at radius 3 is 2.83 bits per heavy atom. The molecule has 18 heavy (non-hydrogen) atoms. The number of nitrogens with one attached hydrogen (secondary N) is 1. The minimum atomic E-state index is 0.333. The molecule has 1 heterocycles. The summed E-state index contributed by atoms with van der Waals surface area (Å²) in [4.78, 5) is 4.15. The Morgan fingerprint density at radius 2 is 2.17 bits per heavy atom. The molecule has 0 aromatic carbocycles. The highest BCUT2D eigenvalue weighted by Gasteiger charge is 2.24. The Hall–Kier alpha value is -0.930. The molecule has 3 heteroatoms. The van der Waals surface area contributed by atoms with Crippen molar-refractivity contribution in [2.45, 2.75) is 38.6 Å². The number of hydrogen-bond acceptors (Lipinski definition) is 3. The SMILES string of the molecule is CC(NCC1CCCCC1CO)c1cccnc1. The molecule has 1 aliphatic carbocycles. The van der Waals surface area contributed by atoms with E-state index in [1.807, 2.05) is 12.3 Å². The first-order valence-electron chi connectivity index (χ1n) is 7.05. The van der Waals surface area contributed by atoms with Gasteiger partial charge in [-0.2, -0.15) is 0 Å². The van der Waals surface area contributed by atoms with Crippen molar-refractivity contribution >= 4 is 0 Å². The third-order valence-electron chi connectivity index (χ3n) is 4.17. The molecule has 0 spiro atoms. The van der Waals surface area contributed by atoms with Gasteiger partial charge in [0.1, 0.15) is 0 Å². The van der Waals surface area contributed by atoms with Gasteiger partial charge in [-0.3, -0.25) is 4.98 Å². The largest absolute Gasteiger partial charge is 0.396 e. The number of aromatic nitrogens is 1. The van der Waals surface area contributed by atoms with Crippen LogP contribution in [0.2, 0.25) is 0 Å². The lowest BCUT2D eigenvalue weighted by atomic mass is 9.79. The normalized spacial score (nSPS) is 25.9. The highest BCUT2D eigenvalue weighted by atomic mass is 16.3. The summed E-state index contributed by atoms with van der Waals surface area (Å²) in [5.41, 5.74) is 1.23. The molecule has 3 atom stereocenters. The summed E-state index contributed by atoms with van der Waals surface area (Å²) in [6.45, 7) is 3.52. The van der Waals surface area contributed by atoms with Crippen LogP contribution in [0.4, 0.5) is 0 Å². The number of hydrogen-bond donors (Lipinski definition) is 2. The lowest BCUT2D eigenvalue weighted by Gasteiger charge is -2.31. The zero-order chi connectivity index (χ0) is 12.8. The van der Waals surface area contributed by atoms with Crippen LogP contribution >= 0.6 is 0 Å². The minimum absolute atomic E-state index is 0.333. The summed E-state index contributed by atoms with van der Waals surface area (Å²) in [5, 5.41) is 13.0. The number of pyridine rings is 1. The van der Waals surface area contributed by atoms with Gasteiger partial charge < -0.3 is 10.4 Å². The van der Waals surface area contributed by atoms with Crippen LogP contribution in [0.1, 0.15) is 44.2 Å². The van der Waals surface area contributed by atoms with Crippen molar-refractivity contribution in [3.63, 3.8) is 0 Å². The van der Waals surface area contributed by atoms with Gasteiger partial charge in [0.05, 0.1) is 0 Å². The van der Waals surface area contributed by atoms with Gasteiger partial charge in [-0.1, -0.05) is 18.9 Å². The van der Waals surface area contributed by atoms with Gasteiger partial charge in [-0.25, -0.2) is 0 Å². The summed E-state index contributed by atoms with van der Waals surface area (Å²) in [5.74, 6) is 1.12. The van der Waals surface area contributed by atoms with E-state index in [0.29, 0.717) is 24.5 Å². The minimum Gasteiger partial charge on any atom is -0.396 e. The molecule has 0 aliphatic heterocycles. The zero-order valence-electron chi connectivity index (χ0n) is 11.2. The number of aliphatic hydroxyl groups excluding tert-OH is 1. The first-order chi connectivity index (χ1) is 8.81. The highest BCUT2D eigenvalue weighted by Crippen LogP contribution is 2.29. The molecule has 100 valence electrons. The van der Waals surface area contributed by atoms with E-state index in [0.717, 1.165) is 6.54 Å². The molecule has 1 fully saturated rings. The zero-order valence-corrected chi connectivity index (χ0v) is 11.2. The van der Waals surface area contributed by atoms with Crippen LogP contribution in [0.3, 0.4) is 0 Å². The van der Waals surface area contributed by atoms with Crippen molar-refractivity contribution in [2.75, 3.05) is 13.2 Å². The van der Waals surface area contributed by atoms with Crippen LogP contribution < -0.4 is 5.32 Å². The van der Waals surface area contributed by atoms with Gasteiger partial charge in [0.15, 0.2) is 0 Å². The first-order valence-corrected chi connectivity index (χ1v) is 7.05. The van der Waals surface area contributed by atoms with Gasteiger partial charge in [-0.05, 0) is 49.8 Å². The van der Waals surface area contributed by atoms with Crippen LogP contribution in [0.25, 0.3) is 0 Å². The van der Waals surface area contributed by atoms with Crippen LogP contribution in [-0.2, 0) is 0 Å². The fourth-order valence-corrected chi connectivity index (χ4v) is 2.87. The maximum Gasteiger partial charge on any atom is 0.0462 e. The van der Waals surface area contributed by atoms with E-state index in [-0.39, 0.29) is 0 Å². The molecule has 3 nitrogen and oxygen atoms in total. The van der Waals surface area contributed by atoms with E-state index in [9.17, 15) is 5.11 Å². The van der Waals surface area contributed by atoms with Crippen molar-refractivity contribution in [2.24, 2.45) is 11.8 Å². The Bertz CT molecular complexity index is 342. The molecular weight excluding hydrogens is 224 g/mol. The molecule has 0 amide bonds. The van der Waals surface area contributed by atoms with Gasteiger partial charge in [0.2, 0.25) is 0 Å². The van der Waals surface area contributed by atoms with Gasteiger partial charge in [-0.15, -0.1) is 0 Å². The maximum atomic E-state index is 9.41. The summed E-state index contributed by atoms with van der Waals surface area (Å²) < 4.78 is 0. The third-order valence-corrected chi connectivity index (χ3v) is 4.17. The molecule has 3 unspecified atom stereocenters. The molecule has 2 N–H and O–H groups in total. The number of nitrogens with zero attached hydrogens (tertiary/aromatic N) is 1. The molecule has 1 aromatic rings.